The Morgan fingerprint density at radius 1 is 0.619 bits per heavy atom. The minimum Gasteiger partial charge on any atom is -0.0745 e. The molecule has 3 aromatic carbocycles. The van der Waals surface area contributed by atoms with Crippen LogP contribution in [-0.4, -0.2) is 0 Å². The maximum Gasteiger partial charge on any atom is 0.00111 e. The van der Waals surface area contributed by atoms with E-state index in [1.807, 2.05) is 0 Å². The second-order valence-electron chi connectivity index (χ2n) is 6.52. The summed E-state index contributed by atoms with van der Waals surface area (Å²) in [7, 11) is 0. The van der Waals surface area contributed by atoms with Crippen molar-refractivity contribution in [2.45, 2.75) is 13.8 Å². The summed E-state index contributed by atoms with van der Waals surface area (Å²) in [6.45, 7) is 4.47. The molecule has 0 fully saturated rings. The van der Waals surface area contributed by atoms with Crippen molar-refractivity contribution in [1.82, 2.24) is 0 Å². The molecule has 0 spiro atoms. The molecule has 0 radical (unpaired) electrons. The average molecular weight is 270 g/mol. The Hall–Kier alpha value is -2.34. The summed E-state index contributed by atoms with van der Waals surface area (Å²) in [5.74, 6) is 0. The summed E-state index contributed by atoms with van der Waals surface area (Å²) in [6.07, 6.45) is 9.07. The van der Waals surface area contributed by atoms with Gasteiger partial charge in [-0.15, -0.1) is 0 Å². The molecule has 1 aliphatic rings. The standard InChI is InChI=1S/C21H18/c1-21(2)9-7-17-13-19-11-15-5-3-4-6-16(15)12-20(19)14-18(17)8-10-21/h3-14H,1-2H3. The lowest BCUT2D eigenvalue weighted by Crippen LogP contribution is -1.99. The largest absolute Gasteiger partial charge is 0.0745 e. The Morgan fingerprint density at radius 2 is 1.10 bits per heavy atom. The van der Waals surface area contributed by atoms with Gasteiger partial charge in [0, 0.05) is 5.41 Å². The van der Waals surface area contributed by atoms with Crippen LogP contribution in [0.2, 0.25) is 0 Å². The van der Waals surface area contributed by atoms with E-state index in [9.17, 15) is 0 Å². The SMILES string of the molecule is CC1(C)C=Cc2cc3cc4ccccc4cc3cc2C=C1. The van der Waals surface area contributed by atoms with E-state index in [0.29, 0.717) is 0 Å². The van der Waals surface area contributed by atoms with Crippen molar-refractivity contribution in [2.75, 3.05) is 0 Å². The molecule has 0 aliphatic heterocycles. The lowest BCUT2D eigenvalue weighted by molar-refractivity contribution is 0.633. The molecule has 3 aromatic rings. The zero-order chi connectivity index (χ0) is 14.4. The van der Waals surface area contributed by atoms with Gasteiger partial charge in [-0.1, -0.05) is 62.4 Å². The van der Waals surface area contributed by atoms with Gasteiger partial charge in [0.1, 0.15) is 0 Å². The third-order valence-corrected chi connectivity index (χ3v) is 4.29. The second-order valence-corrected chi connectivity index (χ2v) is 6.52. The fourth-order valence-corrected chi connectivity index (χ4v) is 2.98. The number of hydrogen-bond donors (Lipinski definition) is 0. The lowest BCUT2D eigenvalue weighted by atomic mass is 9.93. The van der Waals surface area contributed by atoms with Crippen molar-refractivity contribution in [3.63, 3.8) is 0 Å². The van der Waals surface area contributed by atoms with Crippen LogP contribution in [0.4, 0.5) is 0 Å². The van der Waals surface area contributed by atoms with Gasteiger partial charge in [-0.3, -0.25) is 0 Å². The highest BCUT2D eigenvalue weighted by molar-refractivity contribution is 6.00. The van der Waals surface area contributed by atoms with Crippen LogP contribution in [0.15, 0.2) is 60.7 Å². The van der Waals surface area contributed by atoms with Crippen LogP contribution in [0.3, 0.4) is 0 Å². The summed E-state index contributed by atoms with van der Waals surface area (Å²) in [6, 6.07) is 17.7. The fourth-order valence-electron chi connectivity index (χ4n) is 2.98. The predicted octanol–water partition coefficient (Wildman–Crippen LogP) is 6.06. The van der Waals surface area contributed by atoms with E-state index in [1.54, 1.807) is 0 Å². The van der Waals surface area contributed by atoms with E-state index in [4.69, 9.17) is 0 Å². The highest BCUT2D eigenvalue weighted by atomic mass is 14.2. The van der Waals surface area contributed by atoms with Crippen LogP contribution in [0.5, 0.6) is 0 Å². The molecule has 0 unspecified atom stereocenters. The Kier molecular flexibility index (Phi) is 2.56. The van der Waals surface area contributed by atoms with Crippen LogP contribution >= 0.6 is 0 Å². The summed E-state index contributed by atoms with van der Waals surface area (Å²) in [5, 5.41) is 5.23. The van der Waals surface area contributed by atoms with Gasteiger partial charge < -0.3 is 0 Å². The van der Waals surface area contributed by atoms with Crippen LogP contribution < -0.4 is 0 Å². The zero-order valence-electron chi connectivity index (χ0n) is 12.4. The molecule has 102 valence electrons. The maximum absolute atomic E-state index is 2.30. The van der Waals surface area contributed by atoms with Gasteiger partial charge in [-0.25, -0.2) is 0 Å². The molecule has 0 amide bonds. The average Bonchev–Trinajstić information content (AvgIpc) is 2.62. The maximum atomic E-state index is 2.30. The Bertz CT molecular complexity index is 834. The monoisotopic (exact) mass is 270 g/mol. The first-order valence-electron chi connectivity index (χ1n) is 7.46. The molecule has 0 heterocycles. The van der Waals surface area contributed by atoms with Crippen molar-refractivity contribution in [2.24, 2.45) is 5.41 Å². The summed E-state index contributed by atoms with van der Waals surface area (Å²) < 4.78 is 0. The molecule has 0 nitrogen and oxygen atoms in total. The molecule has 21 heavy (non-hydrogen) atoms. The van der Waals surface area contributed by atoms with Gasteiger partial charge >= 0.3 is 0 Å². The normalized spacial score (nSPS) is 16.1. The quantitative estimate of drug-likeness (QED) is 0.436. The van der Waals surface area contributed by atoms with Crippen LogP contribution in [-0.2, 0) is 0 Å². The molecule has 0 bridgehead atoms. The molecule has 0 aromatic heterocycles. The molecule has 1 aliphatic carbocycles. The summed E-state index contributed by atoms with van der Waals surface area (Å²) in [5.41, 5.74) is 2.73. The number of fused-ring (bicyclic) bond motifs is 3. The highest BCUT2D eigenvalue weighted by Gasteiger charge is 2.13. The first-order valence-corrected chi connectivity index (χ1v) is 7.46. The smallest absolute Gasteiger partial charge is 0.00111 e. The minimum atomic E-state index is 0.121. The van der Waals surface area contributed by atoms with E-state index in [1.165, 1.54) is 32.7 Å². The van der Waals surface area contributed by atoms with Crippen LogP contribution in [0, 0.1) is 5.41 Å². The van der Waals surface area contributed by atoms with Gasteiger partial charge in [0.05, 0.1) is 0 Å². The van der Waals surface area contributed by atoms with Gasteiger partial charge in [0.15, 0.2) is 0 Å². The third kappa shape index (κ3) is 2.17. The summed E-state index contributed by atoms with van der Waals surface area (Å²) >= 11 is 0. The first-order chi connectivity index (χ1) is 10.1. The summed E-state index contributed by atoms with van der Waals surface area (Å²) in [4.78, 5) is 0. The first kappa shape index (κ1) is 12.4. The van der Waals surface area contributed by atoms with Gasteiger partial charge in [-0.2, -0.15) is 0 Å². The van der Waals surface area contributed by atoms with Crippen molar-refractivity contribution >= 4 is 33.7 Å². The topological polar surface area (TPSA) is 0 Å². The molecular weight excluding hydrogens is 252 g/mol. The van der Waals surface area contributed by atoms with E-state index in [2.05, 4.69) is 86.7 Å². The highest BCUT2D eigenvalue weighted by Crippen LogP contribution is 2.31. The second kappa shape index (κ2) is 4.33. The number of allylic oxidation sites excluding steroid dienone is 2. The van der Waals surface area contributed by atoms with Gasteiger partial charge in [-0.05, 0) is 56.9 Å². The number of rotatable bonds is 0. The van der Waals surface area contributed by atoms with E-state index >= 15 is 0 Å². The fraction of sp³-hybridized carbons (Fsp3) is 0.143. The van der Waals surface area contributed by atoms with Crippen molar-refractivity contribution in [1.29, 1.82) is 0 Å². The number of benzene rings is 3. The molecule has 0 heteroatoms. The lowest BCUT2D eigenvalue weighted by Gasteiger charge is -2.11. The van der Waals surface area contributed by atoms with Crippen molar-refractivity contribution in [3.05, 3.63) is 71.8 Å². The Balaban J connectivity index is 2.01. The van der Waals surface area contributed by atoms with Gasteiger partial charge in [0.25, 0.3) is 0 Å². The van der Waals surface area contributed by atoms with Crippen molar-refractivity contribution < 1.29 is 0 Å². The number of hydrogen-bond acceptors (Lipinski definition) is 0. The Morgan fingerprint density at radius 3 is 1.57 bits per heavy atom. The van der Waals surface area contributed by atoms with E-state index in [0.717, 1.165) is 0 Å². The van der Waals surface area contributed by atoms with Crippen LogP contribution in [0.1, 0.15) is 25.0 Å². The van der Waals surface area contributed by atoms with Crippen LogP contribution in [0.25, 0.3) is 33.7 Å². The van der Waals surface area contributed by atoms with Crippen molar-refractivity contribution in [3.8, 4) is 0 Å². The molecule has 0 saturated heterocycles. The predicted molar refractivity (Wildman–Crippen MR) is 93.3 cm³/mol. The minimum absolute atomic E-state index is 0.121. The Labute approximate surface area is 125 Å². The molecule has 0 atom stereocenters. The van der Waals surface area contributed by atoms with Gasteiger partial charge in [0.2, 0.25) is 0 Å². The molecule has 0 saturated carbocycles. The van der Waals surface area contributed by atoms with E-state index < -0.39 is 0 Å². The molecule has 0 N–H and O–H groups in total. The zero-order valence-corrected chi connectivity index (χ0v) is 12.4. The molecular formula is C21H18. The van der Waals surface area contributed by atoms with E-state index in [-0.39, 0.29) is 5.41 Å². The third-order valence-electron chi connectivity index (χ3n) is 4.29. The molecule has 4 rings (SSSR count).